The van der Waals surface area contributed by atoms with Crippen molar-refractivity contribution < 1.29 is 26.8 Å². The lowest BCUT2D eigenvalue weighted by Crippen LogP contribution is -2.48. The molecule has 0 radical (unpaired) electrons. The van der Waals surface area contributed by atoms with E-state index in [4.69, 9.17) is 10.3 Å². The molecule has 22 heavy (non-hydrogen) atoms. The van der Waals surface area contributed by atoms with Gasteiger partial charge in [-0.2, -0.15) is 18.5 Å². The molecule has 122 valence electrons. The van der Waals surface area contributed by atoms with Gasteiger partial charge in [-0.1, -0.05) is 0 Å². The smallest absolute Gasteiger partial charge is 0.385 e. The van der Waals surface area contributed by atoms with Gasteiger partial charge in [0.05, 0.1) is 12.1 Å². The number of carbonyl (C=O) groups is 2. The van der Waals surface area contributed by atoms with Crippen LogP contribution in [0.4, 0.5) is 4.79 Å². The summed E-state index contributed by atoms with van der Waals surface area (Å²) in [4.78, 5) is 28.8. The van der Waals surface area contributed by atoms with E-state index in [2.05, 4.69) is 14.6 Å². The van der Waals surface area contributed by atoms with Crippen LogP contribution in [-0.4, -0.2) is 71.9 Å². The van der Waals surface area contributed by atoms with Gasteiger partial charge in [0.15, 0.2) is 0 Å². The summed E-state index contributed by atoms with van der Waals surface area (Å²) in [6, 6.07) is -2.15. The fourth-order valence-corrected chi connectivity index (χ4v) is 3.04. The summed E-state index contributed by atoms with van der Waals surface area (Å²) in [6.45, 7) is 0.742. The SMILES string of the molecule is NC(=NC(=O)C1CN1)C1CCC2CN1C(=O)N2OS(=O)(=O)O. The number of hydroxylamine groups is 2. The fourth-order valence-electron chi connectivity index (χ4n) is 2.65. The Kier molecular flexibility index (Phi) is 3.55. The molecule has 3 rings (SSSR count). The van der Waals surface area contributed by atoms with Gasteiger partial charge in [-0.3, -0.25) is 9.35 Å². The molecule has 3 atom stereocenters. The second-order valence-corrected chi connectivity index (χ2v) is 6.35. The summed E-state index contributed by atoms with van der Waals surface area (Å²) >= 11 is 0. The van der Waals surface area contributed by atoms with Crippen molar-refractivity contribution in [3.63, 3.8) is 0 Å². The van der Waals surface area contributed by atoms with Crippen molar-refractivity contribution in [1.29, 1.82) is 0 Å². The highest BCUT2D eigenvalue weighted by Crippen LogP contribution is 2.30. The highest BCUT2D eigenvalue weighted by molar-refractivity contribution is 7.80. The second kappa shape index (κ2) is 5.15. The number of nitrogens with zero attached hydrogens (tertiary/aromatic N) is 3. The quantitative estimate of drug-likeness (QED) is 0.227. The minimum Gasteiger partial charge on any atom is -0.385 e. The number of piperidine rings is 1. The van der Waals surface area contributed by atoms with E-state index in [1.165, 1.54) is 4.90 Å². The Hall–Kier alpha value is -1.76. The average molecular weight is 333 g/mol. The number of fused-ring (bicyclic) bond motifs is 2. The molecule has 0 saturated carbocycles. The molecule has 0 spiro atoms. The van der Waals surface area contributed by atoms with Crippen LogP contribution < -0.4 is 11.1 Å². The van der Waals surface area contributed by atoms with Crippen LogP contribution in [-0.2, 0) is 19.5 Å². The van der Waals surface area contributed by atoms with E-state index in [1.54, 1.807) is 0 Å². The van der Waals surface area contributed by atoms with E-state index in [9.17, 15) is 18.0 Å². The first-order valence-electron chi connectivity index (χ1n) is 6.64. The van der Waals surface area contributed by atoms with Crippen molar-refractivity contribution in [3.05, 3.63) is 0 Å². The van der Waals surface area contributed by atoms with Crippen molar-refractivity contribution >= 4 is 28.2 Å². The maximum atomic E-state index is 12.2. The molecule has 3 unspecified atom stereocenters. The number of hydrogen-bond donors (Lipinski definition) is 3. The van der Waals surface area contributed by atoms with E-state index in [1.807, 2.05) is 0 Å². The van der Waals surface area contributed by atoms with Crippen LogP contribution in [0.3, 0.4) is 0 Å². The standard InChI is InChI=1S/C10H15N5O6S/c11-8(13-9(16)6-3-12-6)7-2-1-5-4-14(7)10(17)15(5)21-22(18,19)20/h5-7,12H,1-4H2,(H2,11,13,16)(H,18,19,20). The van der Waals surface area contributed by atoms with Crippen molar-refractivity contribution in [2.45, 2.75) is 31.0 Å². The van der Waals surface area contributed by atoms with Crippen molar-refractivity contribution in [1.82, 2.24) is 15.3 Å². The number of nitrogens with one attached hydrogen (secondary N) is 1. The van der Waals surface area contributed by atoms with Gasteiger partial charge in [-0.05, 0) is 12.8 Å². The second-order valence-electron chi connectivity index (χ2n) is 5.35. The number of carbonyl (C=O) groups excluding carboxylic acids is 2. The van der Waals surface area contributed by atoms with Gasteiger partial charge >= 0.3 is 16.4 Å². The molecule has 3 aliphatic rings. The summed E-state index contributed by atoms with van der Waals surface area (Å²) in [6.07, 6.45) is 0.830. The molecule has 12 heteroatoms. The molecule has 3 fully saturated rings. The van der Waals surface area contributed by atoms with Gasteiger partial charge in [0.2, 0.25) is 0 Å². The lowest BCUT2D eigenvalue weighted by atomic mass is 10.0. The third-order valence-electron chi connectivity index (χ3n) is 3.78. The number of hydrogen-bond acceptors (Lipinski definition) is 6. The third kappa shape index (κ3) is 2.90. The summed E-state index contributed by atoms with van der Waals surface area (Å²) in [5.41, 5.74) is 5.81. The minimum atomic E-state index is -4.78. The molecule has 0 aromatic rings. The van der Waals surface area contributed by atoms with Crippen molar-refractivity contribution in [2.24, 2.45) is 10.7 Å². The monoisotopic (exact) mass is 333 g/mol. The van der Waals surface area contributed by atoms with Crippen LogP contribution in [0.15, 0.2) is 4.99 Å². The third-order valence-corrected chi connectivity index (χ3v) is 4.13. The normalized spacial score (nSPS) is 31.6. The summed E-state index contributed by atoms with van der Waals surface area (Å²) in [5.74, 6) is -0.378. The molecule has 0 aromatic heterocycles. The maximum absolute atomic E-state index is 12.2. The number of amides is 3. The van der Waals surface area contributed by atoms with Gasteiger partial charge < -0.3 is 16.0 Å². The number of urea groups is 1. The molecule has 3 saturated heterocycles. The summed E-state index contributed by atoms with van der Waals surface area (Å²) in [5, 5.41) is 3.42. The lowest BCUT2D eigenvalue weighted by molar-refractivity contribution is -0.117. The Bertz CT molecular complexity index is 644. The van der Waals surface area contributed by atoms with Crippen molar-refractivity contribution in [2.75, 3.05) is 13.1 Å². The molecule has 3 heterocycles. The first kappa shape index (κ1) is 15.1. The average Bonchev–Trinajstić information content (AvgIpc) is 3.24. The van der Waals surface area contributed by atoms with E-state index < -0.39 is 34.4 Å². The molecule has 2 bridgehead atoms. The van der Waals surface area contributed by atoms with Crippen LogP contribution in [0.25, 0.3) is 0 Å². The van der Waals surface area contributed by atoms with Crippen LogP contribution in [0, 0.1) is 0 Å². The van der Waals surface area contributed by atoms with Gasteiger partial charge in [0.25, 0.3) is 5.91 Å². The summed E-state index contributed by atoms with van der Waals surface area (Å²) in [7, 11) is -4.78. The van der Waals surface area contributed by atoms with Crippen LogP contribution in [0.1, 0.15) is 12.8 Å². The maximum Gasteiger partial charge on any atom is 0.418 e. The highest BCUT2D eigenvalue weighted by Gasteiger charge is 2.48. The van der Waals surface area contributed by atoms with E-state index >= 15 is 0 Å². The Morgan fingerprint density at radius 3 is 2.73 bits per heavy atom. The van der Waals surface area contributed by atoms with E-state index in [0.717, 1.165) is 0 Å². The van der Waals surface area contributed by atoms with Gasteiger partial charge in [-0.15, -0.1) is 4.28 Å². The predicted octanol–water partition coefficient (Wildman–Crippen LogP) is -2.15. The van der Waals surface area contributed by atoms with Crippen LogP contribution in [0.2, 0.25) is 0 Å². The minimum absolute atomic E-state index is 0.0132. The molecule has 3 amide bonds. The van der Waals surface area contributed by atoms with Gasteiger partial charge in [-0.25, -0.2) is 4.79 Å². The first-order chi connectivity index (χ1) is 10.3. The van der Waals surface area contributed by atoms with E-state index in [0.29, 0.717) is 24.4 Å². The lowest BCUT2D eigenvalue weighted by Gasteiger charge is -2.29. The number of aliphatic imine (C=N–C) groups is 1. The predicted molar refractivity (Wildman–Crippen MR) is 71.8 cm³/mol. The van der Waals surface area contributed by atoms with Crippen LogP contribution in [0.5, 0.6) is 0 Å². The highest BCUT2D eigenvalue weighted by atomic mass is 32.3. The molecule has 0 aromatic carbocycles. The Labute approximate surface area is 126 Å². The molecular formula is C10H15N5O6S. The largest absolute Gasteiger partial charge is 0.418 e. The molecule has 4 N–H and O–H groups in total. The Balaban J connectivity index is 1.75. The van der Waals surface area contributed by atoms with Crippen LogP contribution >= 0.6 is 0 Å². The molecule has 0 aliphatic carbocycles. The molecule has 11 nitrogen and oxygen atoms in total. The Morgan fingerprint density at radius 2 is 2.14 bits per heavy atom. The zero-order chi connectivity index (χ0) is 16.1. The first-order valence-corrected chi connectivity index (χ1v) is 8.01. The zero-order valence-electron chi connectivity index (χ0n) is 11.4. The zero-order valence-corrected chi connectivity index (χ0v) is 12.2. The number of amidine groups is 1. The van der Waals surface area contributed by atoms with Crippen molar-refractivity contribution in [3.8, 4) is 0 Å². The molecular weight excluding hydrogens is 318 g/mol. The fraction of sp³-hybridized carbons (Fsp3) is 0.700. The van der Waals surface area contributed by atoms with Gasteiger partial charge in [0, 0.05) is 13.1 Å². The topological polar surface area (TPSA) is 165 Å². The number of rotatable bonds is 4. The molecule has 3 aliphatic heterocycles. The Morgan fingerprint density at radius 1 is 1.45 bits per heavy atom. The number of nitrogens with two attached hydrogens (primary N) is 1. The summed E-state index contributed by atoms with van der Waals surface area (Å²) < 4.78 is 34.6. The van der Waals surface area contributed by atoms with E-state index in [-0.39, 0.29) is 18.4 Å². The van der Waals surface area contributed by atoms with Gasteiger partial charge in [0.1, 0.15) is 11.9 Å².